The molecule has 0 unspecified atom stereocenters. The Morgan fingerprint density at radius 2 is 1.86 bits per heavy atom. The molecule has 0 bridgehead atoms. The Morgan fingerprint density at radius 3 is 2.68 bits per heavy atom. The number of nitrogens with one attached hydrogen (secondary N) is 1. The van der Waals surface area contributed by atoms with Crippen molar-refractivity contribution in [1.82, 2.24) is 14.4 Å². The standard InChI is InChI=1S/C22H17N5O/c28-20-17(13-15-7-2-1-3-8-15)24-21(16-9-6-11-23-14-16)26-22-19(20)27-12-5-4-10-18(27)25-22/h1-12,14,17H,13H2,(H,24,26)/t17-/m0/s1. The zero-order valence-corrected chi connectivity index (χ0v) is 15.0. The van der Waals surface area contributed by atoms with Crippen molar-refractivity contribution in [3.63, 3.8) is 0 Å². The molecule has 1 aromatic carbocycles. The number of aliphatic imine (C=N–C) groups is 1. The molecule has 0 aliphatic carbocycles. The average molecular weight is 367 g/mol. The first-order valence-corrected chi connectivity index (χ1v) is 9.10. The molecule has 28 heavy (non-hydrogen) atoms. The van der Waals surface area contributed by atoms with Gasteiger partial charge in [0.25, 0.3) is 0 Å². The number of carbonyl (C=O) groups excluding carboxylic acids is 1. The lowest BCUT2D eigenvalue weighted by atomic mass is 10.0. The van der Waals surface area contributed by atoms with Crippen molar-refractivity contribution in [2.24, 2.45) is 4.99 Å². The van der Waals surface area contributed by atoms with Gasteiger partial charge in [-0.05, 0) is 29.8 Å². The number of pyridine rings is 2. The number of Topliss-reactive ketones (excluding diaryl/α,β-unsaturated/α-hetero) is 1. The summed E-state index contributed by atoms with van der Waals surface area (Å²) in [5.74, 6) is 1.07. The Bertz CT molecular complexity index is 1180. The van der Waals surface area contributed by atoms with Crippen molar-refractivity contribution in [3.8, 4) is 0 Å². The summed E-state index contributed by atoms with van der Waals surface area (Å²) in [6.07, 6.45) is 5.82. The van der Waals surface area contributed by atoms with Crippen molar-refractivity contribution in [3.05, 3.63) is 96.1 Å². The van der Waals surface area contributed by atoms with E-state index in [9.17, 15) is 4.79 Å². The van der Waals surface area contributed by atoms with Gasteiger partial charge in [0, 0.05) is 30.6 Å². The van der Waals surface area contributed by atoms with Crippen molar-refractivity contribution in [2.75, 3.05) is 5.32 Å². The van der Waals surface area contributed by atoms with Crippen LogP contribution in [0, 0.1) is 0 Å². The molecule has 3 aromatic heterocycles. The van der Waals surface area contributed by atoms with E-state index < -0.39 is 6.04 Å². The van der Waals surface area contributed by atoms with Crippen molar-refractivity contribution in [2.45, 2.75) is 12.5 Å². The average Bonchev–Trinajstić information content (AvgIpc) is 3.05. The molecule has 0 amide bonds. The first kappa shape index (κ1) is 16.4. The molecule has 6 nitrogen and oxygen atoms in total. The summed E-state index contributed by atoms with van der Waals surface area (Å²) in [7, 11) is 0. The van der Waals surface area contributed by atoms with Crippen LogP contribution in [0.1, 0.15) is 21.6 Å². The number of nitrogens with zero attached hydrogens (tertiary/aromatic N) is 4. The van der Waals surface area contributed by atoms with Gasteiger partial charge in [0.2, 0.25) is 5.78 Å². The summed E-state index contributed by atoms with van der Waals surface area (Å²) in [5.41, 5.74) is 3.13. The summed E-state index contributed by atoms with van der Waals surface area (Å²) in [5, 5.41) is 3.27. The zero-order valence-electron chi connectivity index (χ0n) is 15.0. The first-order valence-electron chi connectivity index (χ1n) is 9.10. The van der Waals surface area contributed by atoms with Gasteiger partial charge < -0.3 is 5.32 Å². The number of benzene rings is 1. The molecule has 0 fully saturated rings. The van der Waals surface area contributed by atoms with Gasteiger partial charge in [0.15, 0.2) is 5.82 Å². The third-order valence-corrected chi connectivity index (χ3v) is 4.79. The highest BCUT2D eigenvalue weighted by atomic mass is 16.1. The van der Waals surface area contributed by atoms with Gasteiger partial charge in [0.1, 0.15) is 23.2 Å². The van der Waals surface area contributed by atoms with Gasteiger partial charge in [-0.1, -0.05) is 36.4 Å². The van der Waals surface area contributed by atoms with Crippen LogP contribution in [0.4, 0.5) is 5.82 Å². The Kier molecular flexibility index (Phi) is 3.94. The Labute approximate surface area is 161 Å². The van der Waals surface area contributed by atoms with Crippen LogP contribution in [-0.2, 0) is 6.42 Å². The van der Waals surface area contributed by atoms with Crippen molar-refractivity contribution < 1.29 is 4.79 Å². The summed E-state index contributed by atoms with van der Waals surface area (Å²) in [4.78, 5) is 27.0. The molecule has 1 N–H and O–H groups in total. The molecule has 1 aliphatic rings. The maximum absolute atomic E-state index is 13.5. The van der Waals surface area contributed by atoms with Gasteiger partial charge in [-0.3, -0.25) is 19.2 Å². The molecule has 4 heterocycles. The summed E-state index contributed by atoms with van der Waals surface area (Å²) in [6.45, 7) is 0. The lowest BCUT2D eigenvalue weighted by Crippen LogP contribution is -2.23. The third-order valence-electron chi connectivity index (χ3n) is 4.79. The van der Waals surface area contributed by atoms with E-state index >= 15 is 0 Å². The van der Waals surface area contributed by atoms with E-state index in [1.54, 1.807) is 12.4 Å². The quantitative estimate of drug-likeness (QED) is 0.602. The molecule has 136 valence electrons. The van der Waals surface area contributed by atoms with Gasteiger partial charge in [0.05, 0.1) is 0 Å². The predicted molar refractivity (Wildman–Crippen MR) is 108 cm³/mol. The van der Waals surface area contributed by atoms with E-state index in [0.717, 1.165) is 16.8 Å². The number of ketones is 1. The van der Waals surface area contributed by atoms with Crippen LogP contribution in [-0.4, -0.2) is 32.0 Å². The molecule has 0 saturated heterocycles. The molecule has 4 aromatic rings. The summed E-state index contributed by atoms with van der Waals surface area (Å²) < 4.78 is 1.82. The number of hydrogen-bond donors (Lipinski definition) is 1. The smallest absolute Gasteiger partial charge is 0.208 e. The summed E-state index contributed by atoms with van der Waals surface area (Å²) >= 11 is 0. The zero-order chi connectivity index (χ0) is 18.9. The fourth-order valence-corrected chi connectivity index (χ4v) is 3.46. The highest BCUT2D eigenvalue weighted by Crippen LogP contribution is 2.25. The second kappa shape index (κ2) is 6.74. The van der Waals surface area contributed by atoms with Gasteiger partial charge in [-0.15, -0.1) is 0 Å². The molecule has 0 radical (unpaired) electrons. The van der Waals surface area contributed by atoms with Crippen LogP contribution in [0.15, 0.2) is 84.2 Å². The number of aromatic nitrogens is 3. The molecule has 1 aliphatic heterocycles. The number of anilines is 1. The lowest BCUT2D eigenvalue weighted by molar-refractivity contribution is 0.0958. The second-order valence-corrected chi connectivity index (χ2v) is 6.65. The van der Waals surface area contributed by atoms with Crippen LogP contribution < -0.4 is 5.32 Å². The number of fused-ring (bicyclic) bond motifs is 3. The minimum Gasteiger partial charge on any atom is -0.323 e. The molecule has 5 rings (SSSR count). The Balaban J connectivity index is 1.66. The SMILES string of the molecule is O=C1c2c(nc3ccccn23)NC(c2cccnc2)=N[C@H]1Cc1ccccc1. The van der Waals surface area contributed by atoms with E-state index in [0.29, 0.717) is 23.8 Å². The molecular formula is C22H17N5O. The molecule has 1 atom stereocenters. The predicted octanol–water partition coefficient (Wildman–Crippen LogP) is 3.40. The molecule has 6 heteroatoms. The summed E-state index contributed by atoms with van der Waals surface area (Å²) in [6, 6.07) is 18.8. The van der Waals surface area contributed by atoms with E-state index in [1.165, 1.54) is 0 Å². The van der Waals surface area contributed by atoms with Crippen LogP contribution >= 0.6 is 0 Å². The van der Waals surface area contributed by atoms with Crippen LogP contribution in [0.5, 0.6) is 0 Å². The Hall–Kier alpha value is -3.80. The molecular weight excluding hydrogens is 350 g/mol. The highest BCUT2D eigenvalue weighted by Gasteiger charge is 2.31. The minimum atomic E-state index is -0.550. The number of rotatable bonds is 3. The Morgan fingerprint density at radius 1 is 1.00 bits per heavy atom. The molecule has 0 saturated carbocycles. The van der Waals surface area contributed by atoms with Crippen molar-refractivity contribution >= 4 is 23.1 Å². The van der Waals surface area contributed by atoms with E-state index in [2.05, 4.69) is 15.3 Å². The fourth-order valence-electron chi connectivity index (χ4n) is 3.46. The van der Waals surface area contributed by atoms with Gasteiger partial charge >= 0.3 is 0 Å². The first-order chi connectivity index (χ1) is 13.8. The largest absolute Gasteiger partial charge is 0.323 e. The highest BCUT2D eigenvalue weighted by molar-refractivity contribution is 6.15. The topological polar surface area (TPSA) is 71.7 Å². The molecule has 0 spiro atoms. The van der Waals surface area contributed by atoms with E-state index in [-0.39, 0.29) is 5.78 Å². The lowest BCUT2D eigenvalue weighted by Gasteiger charge is -2.11. The monoisotopic (exact) mass is 367 g/mol. The fraction of sp³-hybridized carbons (Fsp3) is 0.0909. The van der Waals surface area contributed by atoms with Gasteiger partial charge in [-0.2, -0.15) is 0 Å². The third kappa shape index (κ3) is 2.85. The van der Waals surface area contributed by atoms with E-state index in [1.807, 2.05) is 71.3 Å². The van der Waals surface area contributed by atoms with Crippen molar-refractivity contribution in [1.29, 1.82) is 0 Å². The number of carbonyl (C=O) groups is 1. The maximum Gasteiger partial charge on any atom is 0.208 e. The maximum atomic E-state index is 13.5. The second-order valence-electron chi connectivity index (χ2n) is 6.65. The number of hydrogen-bond acceptors (Lipinski definition) is 5. The van der Waals surface area contributed by atoms with Gasteiger partial charge in [-0.25, -0.2) is 4.98 Å². The normalized spacial score (nSPS) is 16.2. The number of imidazole rings is 1. The van der Waals surface area contributed by atoms with Crippen LogP contribution in [0.2, 0.25) is 0 Å². The minimum absolute atomic E-state index is 0.0519. The van der Waals surface area contributed by atoms with Crippen LogP contribution in [0.25, 0.3) is 5.65 Å². The van der Waals surface area contributed by atoms with E-state index in [4.69, 9.17) is 4.99 Å². The van der Waals surface area contributed by atoms with Crippen LogP contribution in [0.3, 0.4) is 0 Å². The number of amidine groups is 1.